The highest BCUT2D eigenvalue weighted by atomic mass is 79.9. The fourth-order valence-electron chi connectivity index (χ4n) is 4.56. The first-order valence-electron chi connectivity index (χ1n) is 12.6. The highest BCUT2D eigenvalue weighted by Gasteiger charge is 2.34. The molecular weight excluding hydrogens is 612 g/mol. The maximum atomic E-state index is 13.9. The van der Waals surface area contributed by atoms with Crippen LogP contribution in [-0.2, 0) is 14.3 Å². The van der Waals surface area contributed by atoms with Gasteiger partial charge in [-0.2, -0.15) is 0 Å². The summed E-state index contributed by atoms with van der Waals surface area (Å²) >= 11 is 4.66. The number of hydrogen-bond donors (Lipinski definition) is 0. The first-order valence-corrected chi connectivity index (χ1v) is 14.2. The molecule has 0 saturated heterocycles. The highest BCUT2D eigenvalue weighted by Crippen LogP contribution is 2.36. The number of furan rings is 1. The van der Waals surface area contributed by atoms with Gasteiger partial charge < -0.3 is 18.6 Å². The number of hydrogen-bond acceptors (Lipinski definition) is 9. The predicted octanol–water partition coefficient (Wildman–Crippen LogP) is 4.75. The number of carbonyl (C=O) groups is 2. The first-order chi connectivity index (χ1) is 19.7. The van der Waals surface area contributed by atoms with Crippen LogP contribution < -0.4 is 24.4 Å². The summed E-state index contributed by atoms with van der Waals surface area (Å²) in [5.74, 6) is 0.551. The second kappa shape index (κ2) is 11.7. The van der Waals surface area contributed by atoms with Crippen molar-refractivity contribution < 1.29 is 28.2 Å². The van der Waals surface area contributed by atoms with Gasteiger partial charge >= 0.3 is 11.9 Å². The van der Waals surface area contributed by atoms with Crippen molar-refractivity contribution in [2.45, 2.75) is 26.8 Å². The van der Waals surface area contributed by atoms with Gasteiger partial charge in [0, 0.05) is 23.0 Å². The van der Waals surface area contributed by atoms with Gasteiger partial charge in [0.05, 0.1) is 35.6 Å². The molecule has 3 heterocycles. The first kappa shape index (κ1) is 28.3. The molecule has 1 atom stereocenters. The van der Waals surface area contributed by atoms with E-state index in [9.17, 15) is 14.4 Å². The Bertz CT molecular complexity index is 1880. The predicted molar refractivity (Wildman–Crippen MR) is 157 cm³/mol. The average Bonchev–Trinajstić information content (AvgIpc) is 3.52. The summed E-state index contributed by atoms with van der Waals surface area (Å²) in [5.41, 5.74) is 1.75. The van der Waals surface area contributed by atoms with Crippen molar-refractivity contribution in [1.29, 1.82) is 0 Å². The third-order valence-corrected chi connectivity index (χ3v) is 7.76. The Kier molecular flexibility index (Phi) is 8.09. The molecule has 0 spiro atoms. The lowest BCUT2D eigenvalue weighted by atomic mass is 9.95. The maximum absolute atomic E-state index is 13.9. The Morgan fingerprint density at radius 1 is 1.15 bits per heavy atom. The van der Waals surface area contributed by atoms with Gasteiger partial charge in [0.1, 0.15) is 11.5 Å². The number of aromatic nitrogens is 1. The van der Waals surface area contributed by atoms with E-state index in [4.69, 9.17) is 18.6 Å². The van der Waals surface area contributed by atoms with E-state index in [0.717, 1.165) is 10.0 Å². The fourth-order valence-corrected chi connectivity index (χ4v) is 5.98. The number of ether oxygens (including phenoxy) is 3. The summed E-state index contributed by atoms with van der Waals surface area (Å²) in [6.45, 7) is 4.86. The van der Waals surface area contributed by atoms with Gasteiger partial charge in [0.2, 0.25) is 0 Å². The molecule has 0 amide bonds. The van der Waals surface area contributed by atoms with Gasteiger partial charge in [-0.1, -0.05) is 45.5 Å². The number of rotatable bonds is 7. The van der Waals surface area contributed by atoms with Crippen molar-refractivity contribution in [3.05, 3.63) is 101 Å². The third kappa shape index (κ3) is 5.68. The number of methoxy groups -OCH3 is 1. The minimum absolute atomic E-state index is 0.153. The molecule has 1 aliphatic heterocycles. The monoisotopic (exact) mass is 636 g/mol. The Hall–Kier alpha value is -4.22. The van der Waals surface area contributed by atoms with Gasteiger partial charge in [-0.05, 0) is 55.8 Å². The van der Waals surface area contributed by atoms with Crippen LogP contribution >= 0.6 is 27.3 Å². The minimum atomic E-state index is -0.860. The molecule has 0 N–H and O–H groups in total. The van der Waals surface area contributed by atoms with E-state index in [2.05, 4.69) is 20.9 Å². The van der Waals surface area contributed by atoms with Gasteiger partial charge in [0.25, 0.3) is 5.56 Å². The summed E-state index contributed by atoms with van der Waals surface area (Å²) in [6, 6.07) is 15.4. The lowest BCUT2D eigenvalue weighted by Crippen LogP contribution is -2.39. The molecule has 4 aromatic rings. The number of esters is 2. The van der Waals surface area contributed by atoms with Gasteiger partial charge in [-0.3, -0.25) is 14.2 Å². The molecule has 41 heavy (non-hydrogen) atoms. The zero-order valence-corrected chi connectivity index (χ0v) is 25.0. The summed E-state index contributed by atoms with van der Waals surface area (Å²) in [4.78, 5) is 43.6. The molecule has 2 aromatic heterocycles. The zero-order chi connectivity index (χ0) is 29.3. The molecule has 210 valence electrons. The zero-order valence-electron chi connectivity index (χ0n) is 22.6. The summed E-state index contributed by atoms with van der Waals surface area (Å²) in [5, 5.41) is 0. The van der Waals surface area contributed by atoms with Crippen LogP contribution in [0.15, 0.2) is 84.5 Å². The molecule has 0 aliphatic carbocycles. The lowest BCUT2D eigenvalue weighted by molar-refractivity contribution is -0.139. The minimum Gasteiger partial charge on any atom is -0.493 e. The van der Waals surface area contributed by atoms with Crippen LogP contribution in [0.25, 0.3) is 17.4 Å². The molecule has 0 fully saturated rings. The van der Waals surface area contributed by atoms with Crippen molar-refractivity contribution in [3.8, 4) is 22.8 Å². The van der Waals surface area contributed by atoms with E-state index in [1.165, 1.54) is 29.9 Å². The van der Waals surface area contributed by atoms with Gasteiger partial charge in [-0.25, -0.2) is 9.79 Å². The topological polar surface area (TPSA) is 109 Å². The van der Waals surface area contributed by atoms with E-state index in [1.54, 1.807) is 44.2 Å². The summed E-state index contributed by atoms with van der Waals surface area (Å²) < 4.78 is 24.8. The van der Waals surface area contributed by atoms with E-state index in [-0.39, 0.29) is 29.2 Å². The lowest BCUT2D eigenvalue weighted by Gasteiger charge is -2.25. The van der Waals surface area contributed by atoms with Crippen LogP contribution in [0.1, 0.15) is 38.1 Å². The molecule has 0 bridgehead atoms. The molecule has 1 aliphatic rings. The maximum Gasteiger partial charge on any atom is 0.338 e. The number of nitrogens with zero attached hydrogens (tertiary/aromatic N) is 2. The van der Waals surface area contributed by atoms with Gasteiger partial charge in [0.15, 0.2) is 16.3 Å². The van der Waals surface area contributed by atoms with Crippen molar-refractivity contribution >= 4 is 45.3 Å². The van der Waals surface area contributed by atoms with Crippen molar-refractivity contribution in [2.75, 3.05) is 13.7 Å². The fraction of sp³-hybridized carbons (Fsp3) is 0.200. The molecule has 1 unspecified atom stereocenters. The van der Waals surface area contributed by atoms with Crippen LogP contribution in [0.5, 0.6) is 11.5 Å². The van der Waals surface area contributed by atoms with E-state index < -0.39 is 18.0 Å². The number of carbonyl (C=O) groups excluding carboxylic acids is 2. The number of halogens is 1. The number of benzene rings is 2. The summed E-state index contributed by atoms with van der Waals surface area (Å²) in [7, 11) is 1.44. The Morgan fingerprint density at radius 2 is 1.95 bits per heavy atom. The Morgan fingerprint density at radius 3 is 2.66 bits per heavy atom. The van der Waals surface area contributed by atoms with E-state index >= 15 is 0 Å². The Labute approximate surface area is 247 Å². The third-order valence-electron chi connectivity index (χ3n) is 6.28. The second-order valence-corrected chi connectivity index (χ2v) is 10.9. The molecule has 11 heteroatoms. The van der Waals surface area contributed by atoms with Crippen LogP contribution in [-0.4, -0.2) is 30.2 Å². The number of fused-ring (bicyclic) bond motifs is 1. The SMILES string of the molecule is CCOC(=O)C1=C(C)N=c2s/c(=C/c3ccc(-c4cccc(Br)c4)o3)c(=O)n2C1c1ccc(OC(C)=O)c(OC)c1. The molecule has 0 radical (unpaired) electrons. The Balaban J connectivity index is 1.65. The normalized spacial score (nSPS) is 14.9. The number of thiazole rings is 1. The quantitative estimate of drug-likeness (QED) is 0.213. The van der Waals surface area contributed by atoms with Crippen molar-refractivity contribution in [2.24, 2.45) is 4.99 Å². The number of allylic oxidation sites excluding steroid dienone is 1. The second-order valence-electron chi connectivity index (χ2n) is 9.02. The molecule has 0 saturated carbocycles. The molecular formula is C30H25BrN2O7S. The average molecular weight is 638 g/mol. The van der Waals surface area contributed by atoms with Crippen LogP contribution in [0.3, 0.4) is 0 Å². The van der Waals surface area contributed by atoms with Gasteiger partial charge in [-0.15, -0.1) is 0 Å². The highest BCUT2D eigenvalue weighted by molar-refractivity contribution is 9.10. The van der Waals surface area contributed by atoms with Crippen LogP contribution in [0.2, 0.25) is 0 Å². The van der Waals surface area contributed by atoms with E-state index in [0.29, 0.717) is 32.1 Å². The standard InChI is InChI=1S/C30H25BrN2O7S/c1-5-38-29(36)26-16(2)32-30-33(27(26)19-9-11-23(39-17(3)34)24(14-19)37-4)28(35)25(41-30)15-21-10-12-22(40-21)18-7-6-8-20(31)13-18/h6-15,27H,5H2,1-4H3/b25-15+. The smallest absolute Gasteiger partial charge is 0.338 e. The van der Waals surface area contributed by atoms with Crippen molar-refractivity contribution in [3.63, 3.8) is 0 Å². The largest absolute Gasteiger partial charge is 0.493 e. The molecule has 9 nitrogen and oxygen atoms in total. The molecule has 2 aromatic carbocycles. The van der Waals surface area contributed by atoms with Crippen LogP contribution in [0, 0.1) is 0 Å². The van der Waals surface area contributed by atoms with Crippen molar-refractivity contribution in [1.82, 2.24) is 4.57 Å². The summed E-state index contributed by atoms with van der Waals surface area (Å²) in [6.07, 6.45) is 1.66. The molecule has 5 rings (SSSR count). The van der Waals surface area contributed by atoms with Crippen LogP contribution in [0.4, 0.5) is 0 Å². The van der Waals surface area contributed by atoms with E-state index in [1.807, 2.05) is 30.3 Å².